The molecule has 0 aromatic heterocycles. The van der Waals surface area contributed by atoms with Crippen molar-refractivity contribution in [1.29, 1.82) is 0 Å². The second-order valence-electron chi connectivity index (χ2n) is 5.49. The van der Waals surface area contributed by atoms with Gasteiger partial charge in [0.1, 0.15) is 17.7 Å². The van der Waals surface area contributed by atoms with Crippen molar-refractivity contribution in [1.82, 2.24) is 10.2 Å². The summed E-state index contributed by atoms with van der Waals surface area (Å²) >= 11 is 0. The van der Waals surface area contributed by atoms with Crippen LogP contribution in [0.3, 0.4) is 0 Å². The van der Waals surface area contributed by atoms with E-state index in [0.29, 0.717) is 13.0 Å². The molecule has 0 radical (unpaired) electrons. The number of likely N-dealkylation sites (tertiary alicyclic amines) is 1. The summed E-state index contributed by atoms with van der Waals surface area (Å²) in [5.74, 6) is -1.97. The summed E-state index contributed by atoms with van der Waals surface area (Å²) in [5, 5.41) is 2.54. The summed E-state index contributed by atoms with van der Waals surface area (Å²) < 4.78 is 31.5. The number of carbonyl (C=O) groups excluding carboxylic acids is 2. The lowest BCUT2D eigenvalue weighted by atomic mass is 10.2. The van der Waals surface area contributed by atoms with Crippen LogP contribution in [0.25, 0.3) is 0 Å². The quantitative estimate of drug-likeness (QED) is 0.894. The number of ether oxygens (including phenoxy) is 1. The summed E-state index contributed by atoms with van der Waals surface area (Å²) in [4.78, 5) is 25.6. The third-order valence-electron chi connectivity index (χ3n) is 3.84. The minimum atomic E-state index is -0.712. The van der Waals surface area contributed by atoms with Gasteiger partial charge in [0.25, 0.3) is 5.91 Å². The molecular formula is C16H20F2N2O3. The van der Waals surface area contributed by atoms with Gasteiger partial charge in [0, 0.05) is 31.8 Å². The molecule has 126 valence electrons. The van der Waals surface area contributed by atoms with Crippen molar-refractivity contribution in [2.75, 3.05) is 20.2 Å². The van der Waals surface area contributed by atoms with Gasteiger partial charge in [0.2, 0.25) is 5.91 Å². The van der Waals surface area contributed by atoms with E-state index in [0.717, 1.165) is 25.0 Å². The van der Waals surface area contributed by atoms with Crippen LogP contribution < -0.4 is 5.32 Å². The van der Waals surface area contributed by atoms with Crippen molar-refractivity contribution in [3.63, 3.8) is 0 Å². The number of nitrogens with zero attached hydrogens (tertiary/aromatic N) is 1. The van der Waals surface area contributed by atoms with Crippen molar-refractivity contribution in [2.24, 2.45) is 0 Å². The molecule has 5 nitrogen and oxygen atoms in total. The molecule has 1 fully saturated rings. The van der Waals surface area contributed by atoms with Gasteiger partial charge < -0.3 is 15.0 Å². The molecular weight excluding hydrogens is 306 g/mol. The Kier molecular flexibility index (Phi) is 6.04. The predicted molar refractivity (Wildman–Crippen MR) is 79.4 cm³/mol. The Bertz CT molecular complexity index is 580. The van der Waals surface area contributed by atoms with Crippen LogP contribution in [0.4, 0.5) is 8.78 Å². The lowest BCUT2D eigenvalue weighted by molar-refractivity contribution is -0.144. The van der Waals surface area contributed by atoms with Crippen molar-refractivity contribution in [3.05, 3.63) is 35.4 Å². The Hall–Kier alpha value is -2.02. The molecule has 1 unspecified atom stereocenters. The summed E-state index contributed by atoms with van der Waals surface area (Å²) in [6.45, 7) is 0.346. The number of nitrogens with one attached hydrogen (secondary N) is 1. The van der Waals surface area contributed by atoms with Crippen LogP contribution in [0.5, 0.6) is 0 Å². The molecule has 1 heterocycles. The predicted octanol–water partition coefficient (Wildman–Crippen LogP) is 1.61. The third-order valence-corrected chi connectivity index (χ3v) is 3.84. The molecule has 1 atom stereocenters. The van der Waals surface area contributed by atoms with E-state index in [1.807, 2.05) is 0 Å². The Morgan fingerprint density at radius 1 is 1.39 bits per heavy atom. The Morgan fingerprint density at radius 2 is 2.17 bits per heavy atom. The molecule has 1 aliphatic heterocycles. The normalized spacial score (nSPS) is 18.7. The molecule has 1 saturated heterocycles. The van der Waals surface area contributed by atoms with Gasteiger partial charge in [-0.1, -0.05) is 6.07 Å². The summed E-state index contributed by atoms with van der Waals surface area (Å²) in [7, 11) is 1.48. The zero-order valence-corrected chi connectivity index (χ0v) is 13.0. The molecule has 23 heavy (non-hydrogen) atoms. The first-order valence-electron chi connectivity index (χ1n) is 7.53. The second-order valence-corrected chi connectivity index (χ2v) is 5.49. The lowest BCUT2D eigenvalue weighted by Gasteiger charge is -2.23. The minimum Gasteiger partial charge on any atom is -0.372 e. The molecule has 2 amide bonds. The molecule has 0 saturated carbocycles. The molecule has 0 aliphatic carbocycles. The Labute approximate surface area is 133 Å². The van der Waals surface area contributed by atoms with E-state index in [9.17, 15) is 18.4 Å². The zero-order chi connectivity index (χ0) is 16.8. The van der Waals surface area contributed by atoms with Crippen LogP contribution in [-0.2, 0) is 20.9 Å². The highest BCUT2D eigenvalue weighted by Gasteiger charge is 2.27. The summed E-state index contributed by atoms with van der Waals surface area (Å²) in [5.41, 5.74) is 0.191. The molecule has 1 N–H and O–H groups in total. The van der Waals surface area contributed by atoms with Gasteiger partial charge in [0.15, 0.2) is 0 Å². The first-order chi connectivity index (χ1) is 11.0. The van der Waals surface area contributed by atoms with E-state index in [2.05, 4.69) is 5.32 Å². The second kappa shape index (κ2) is 8.01. The number of benzene rings is 1. The Balaban J connectivity index is 1.89. The van der Waals surface area contributed by atoms with Gasteiger partial charge in [-0.25, -0.2) is 8.78 Å². The van der Waals surface area contributed by atoms with E-state index in [4.69, 9.17) is 4.74 Å². The summed E-state index contributed by atoms with van der Waals surface area (Å²) in [6, 6.07) is 3.18. The van der Waals surface area contributed by atoms with Gasteiger partial charge >= 0.3 is 0 Å². The maximum atomic E-state index is 13.5. The van der Waals surface area contributed by atoms with E-state index in [1.54, 1.807) is 0 Å². The van der Waals surface area contributed by atoms with Gasteiger partial charge in [-0.15, -0.1) is 0 Å². The van der Waals surface area contributed by atoms with E-state index < -0.39 is 17.7 Å². The topological polar surface area (TPSA) is 58.6 Å². The largest absolute Gasteiger partial charge is 0.372 e. The maximum absolute atomic E-state index is 13.5. The van der Waals surface area contributed by atoms with Crippen molar-refractivity contribution >= 4 is 11.8 Å². The van der Waals surface area contributed by atoms with Crippen LogP contribution in [0.15, 0.2) is 18.2 Å². The standard InChI is InChI=1S/C16H20F2N2O3/c1-23-14-4-2-3-7-20(16(14)22)10-15(21)19-9-11-5-6-12(17)8-13(11)18/h5-6,8,14H,2-4,7,9-10H2,1H3,(H,19,21). The van der Waals surface area contributed by atoms with Gasteiger partial charge in [-0.3, -0.25) is 9.59 Å². The molecule has 0 bridgehead atoms. The fourth-order valence-corrected chi connectivity index (χ4v) is 2.53. The Morgan fingerprint density at radius 3 is 2.87 bits per heavy atom. The highest BCUT2D eigenvalue weighted by Crippen LogP contribution is 2.14. The van der Waals surface area contributed by atoms with Crippen LogP contribution >= 0.6 is 0 Å². The molecule has 0 spiro atoms. The van der Waals surface area contributed by atoms with Crippen molar-refractivity contribution < 1.29 is 23.1 Å². The number of rotatable bonds is 5. The fourth-order valence-electron chi connectivity index (χ4n) is 2.53. The van der Waals surface area contributed by atoms with E-state index >= 15 is 0 Å². The number of halogens is 2. The molecule has 1 aliphatic rings. The highest BCUT2D eigenvalue weighted by atomic mass is 19.1. The first kappa shape index (κ1) is 17.3. The fraction of sp³-hybridized carbons (Fsp3) is 0.500. The van der Waals surface area contributed by atoms with Crippen LogP contribution in [0.1, 0.15) is 24.8 Å². The number of methoxy groups -OCH3 is 1. The zero-order valence-electron chi connectivity index (χ0n) is 13.0. The first-order valence-corrected chi connectivity index (χ1v) is 7.53. The lowest BCUT2D eigenvalue weighted by Crippen LogP contribution is -2.44. The highest BCUT2D eigenvalue weighted by molar-refractivity contribution is 5.87. The van der Waals surface area contributed by atoms with Crippen molar-refractivity contribution in [2.45, 2.75) is 31.9 Å². The average molecular weight is 326 g/mol. The summed E-state index contributed by atoms with van der Waals surface area (Å²) in [6.07, 6.45) is 1.81. The van der Waals surface area contributed by atoms with Crippen LogP contribution in [0, 0.1) is 11.6 Å². The molecule has 7 heteroatoms. The smallest absolute Gasteiger partial charge is 0.252 e. The van der Waals surface area contributed by atoms with Gasteiger partial charge in [-0.05, 0) is 25.3 Å². The van der Waals surface area contributed by atoms with E-state index in [-0.39, 0.29) is 30.5 Å². The number of hydrogen-bond acceptors (Lipinski definition) is 3. The maximum Gasteiger partial charge on any atom is 0.252 e. The van der Waals surface area contributed by atoms with Crippen LogP contribution in [-0.4, -0.2) is 43.0 Å². The average Bonchev–Trinajstić information content (AvgIpc) is 2.68. The van der Waals surface area contributed by atoms with Crippen LogP contribution in [0.2, 0.25) is 0 Å². The van der Waals surface area contributed by atoms with Crippen molar-refractivity contribution in [3.8, 4) is 0 Å². The van der Waals surface area contributed by atoms with Gasteiger partial charge in [-0.2, -0.15) is 0 Å². The number of amides is 2. The third kappa shape index (κ3) is 4.72. The monoisotopic (exact) mass is 326 g/mol. The molecule has 1 aromatic carbocycles. The minimum absolute atomic E-state index is 0.0549. The molecule has 2 rings (SSSR count). The SMILES string of the molecule is COC1CCCCN(CC(=O)NCc2ccc(F)cc2F)C1=O. The number of carbonyl (C=O) groups is 2. The van der Waals surface area contributed by atoms with Gasteiger partial charge in [0.05, 0.1) is 6.54 Å². The molecule has 1 aromatic rings. The number of hydrogen-bond donors (Lipinski definition) is 1. The van der Waals surface area contributed by atoms with E-state index in [1.165, 1.54) is 18.1 Å².